The van der Waals surface area contributed by atoms with Crippen LogP contribution < -0.4 is 0 Å². The molecule has 3 nitrogen and oxygen atoms in total. The molecular formula is C13H10ClFN2O. The van der Waals surface area contributed by atoms with Crippen molar-refractivity contribution >= 4 is 23.5 Å². The predicted molar refractivity (Wildman–Crippen MR) is 68.0 cm³/mol. The average molecular weight is 265 g/mol. The van der Waals surface area contributed by atoms with Crippen molar-refractivity contribution in [1.82, 2.24) is 9.78 Å². The third kappa shape index (κ3) is 2.49. The van der Waals surface area contributed by atoms with E-state index in [9.17, 15) is 9.18 Å². The minimum absolute atomic E-state index is 0.203. The van der Waals surface area contributed by atoms with E-state index >= 15 is 0 Å². The van der Waals surface area contributed by atoms with E-state index in [1.807, 2.05) is 0 Å². The highest BCUT2D eigenvalue weighted by molar-refractivity contribution is 6.32. The van der Waals surface area contributed by atoms with Gasteiger partial charge in [0.15, 0.2) is 0 Å². The van der Waals surface area contributed by atoms with E-state index in [-0.39, 0.29) is 16.4 Å². The van der Waals surface area contributed by atoms with Gasteiger partial charge in [0, 0.05) is 18.8 Å². The standard InChI is InChI=1S/C13H10ClFN2O/c1-17-12(7-8-16-17)13(18)6-5-9-10(14)3-2-4-11(9)15/h2-8H,1H3. The third-order valence-electron chi connectivity index (χ3n) is 2.47. The zero-order valence-electron chi connectivity index (χ0n) is 9.60. The lowest BCUT2D eigenvalue weighted by atomic mass is 10.1. The molecule has 0 aliphatic heterocycles. The molecule has 92 valence electrons. The number of rotatable bonds is 3. The van der Waals surface area contributed by atoms with Gasteiger partial charge in [0.1, 0.15) is 11.5 Å². The Morgan fingerprint density at radius 3 is 2.83 bits per heavy atom. The van der Waals surface area contributed by atoms with Crippen molar-refractivity contribution in [3.63, 3.8) is 0 Å². The smallest absolute Gasteiger partial charge is 0.203 e. The Kier molecular flexibility index (Phi) is 3.58. The van der Waals surface area contributed by atoms with Crippen molar-refractivity contribution < 1.29 is 9.18 Å². The van der Waals surface area contributed by atoms with Crippen molar-refractivity contribution in [3.8, 4) is 0 Å². The molecule has 0 unspecified atom stereocenters. The lowest BCUT2D eigenvalue weighted by Gasteiger charge is -1.99. The lowest BCUT2D eigenvalue weighted by Crippen LogP contribution is -2.03. The molecular weight excluding hydrogens is 255 g/mol. The Balaban J connectivity index is 2.27. The molecule has 1 aromatic heterocycles. The topological polar surface area (TPSA) is 34.9 Å². The van der Waals surface area contributed by atoms with Gasteiger partial charge in [0.05, 0.1) is 5.02 Å². The van der Waals surface area contributed by atoms with Crippen molar-refractivity contribution in [3.05, 3.63) is 58.6 Å². The molecule has 0 bridgehead atoms. The number of halogens is 2. The second kappa shape index (κ2) is 5.14. The van der Waals surface area contributed by atoms with Gasteiger partial charge in [-0.2, -0.15) is 5.10 Å². The summed E-state index contributed by atoms with van der Waals surface area (Å²) in [5, 5.41) is 4.16. The van der Waals surface area contributed by atoms with Crippen LogP contribution in [-0.4, -0.2) is 15.6 Å². The Morgan fingerprint density at radius 1 is 1.44 bits per heavy atom. The average Bonchev–Trinajstić information content (AvgIpc) is 2.74. The molecule has 2 aromatic rings. The molecule has 1 heterocycles. The molecule has 0 fully saturated rings. The monoisotopic (exact) mass is 264 g/mol. The lowest BCUT2D eigenvalue weighted by molar-refractivity contribution is 0.103. The Morgan fingerprint density at radius 2 is 2.22 bits per heavy atom. The largest absolute Gasteiger partial charge is 0.288 e. The number of carbonyl (C=O) groups excluding carboxylic acids is 1. The number of aryl methyl sites for hydroxylation is 1. The first-order valence-electron chi connectivity index (χ1n) is 5.24. The van der Waals surface area contributed by atoms with E-state index in [4.69, 9.17) is 11.6 Å². The van der Waals surface area contributed by atoms with Gasteiger partial charge in [-0.25, -0.2) is 4.39 Å². The van der Waals surface area contributed by atoms with E-state index in [0.717, 1.165) is 0 Å². The first kappa shape index (κ1) is 12.5. The molecule has 0 saturated heterocycles. The third-order valence-corrected chi connectivity index (χ3v) is 2.80. The summed E-state index contributed by atoms with van der Waals surface area (Å²) in [6.45, 7) is 0. The fourth-order valence-electron chi connectivity index (χ4n) is 1.53. The number of allylic oxidation sites excluding steroid dienone is 1. The first-order chi connectivity index (χ1) is 8.59. The van der Waals surface area contributed by atoms with Gasteiger partial charge in [-0.3, -0.25) is 9.48 Å². The molecule has 2 rings (SSSR count). The van der Waals surface area contributed by atoms with Crippen LogP contribution in [0.2, 0.25) is 5.02 Å². The van der Waals surface area contributed by atoms with E-state index < -0.39 is 5.82 Å². The normalized spacial score (nSPS) is 11.1. The number of hydrogen-bond donors (Lipinski definition) is 0. The zero-order valence-corrected chi connectivity index (χ0v) is 10.4. The van der Waals surface area contributed by atoms with E-state index in [2.05, 4.69) is 5.10 Å². The van der Waals surface area contributed by atoms with E-state index in [0.29, 0.717) is 5.69 Å². The highest BCUT2D eigenvalue weighted by atomic mass is 35.5. The summed E-state index contributed by atoms with van der Waals surface area (Å²) in [7, 11) is 1.66. The van der Waals surface area contributed by atoms with Gasteiger partial charge in [0.2, 0.25) is 5.78 Å². The van der Waals surface area contributed by atoms with E-state index in [1.165, 1.54) is 35.2 Å². The molecule has 0 spiro atoms. The minimum atomic E-state index is -0.462. The Bertz CT molecular complexity index is 599. The first-order valence-corrected chi connectivity index (χ1v) is 5.62. The highest BCUT2D eigenvalue weighted by Crippen LogP contribution is 2.20. The second-order valence-electron chi connectivity index (χ2n) is 3.67. The Labute approximate surface area is 108 Å². The van der Waals surface area contributed by atoms with Crippen molar-refractivity contribution in [2.75, 3.05) is 0 Å². The van der Waals surface area contributed by atoms with Crippen molar-refractivity contribution in [2.24, 2.45) is 7.05 Å². The molecule has 5 heteroatoms. The molecule has 0 radical (unpaired) electrons. The number of nitrogens with zero attached hydrogens (tertiary/aromatic N) is 2. The summed E-state index contributed by atoms with van der Waals surface area (Å²) in [5.74, 6) is -0.717. The maximum absolute atomic E-state index is 13.5. The minimum Gasteiger partial charge on any atom is -0.288 e. The van der Waals surface area contributed by atoms with Crippen molar-refractivity contribution in [2.45, 2.75) is 0 Å². The van der Waals surface area contributed by atoms with Crippen LogP contribution in [0.25, 0.3) is 6.08 Å². The molecule has 0 amide bonds. The molecule has 0 saturated carbocycles. The van der Waals surface area contributed by atoms with Gasteiger partial charge in [-0.05, 0) is 30.4 Å². The van der Waals surface area contributed by atoms with Crippen LogP contribution in [0.15, 0.2) is 36.5 Å². The van der Waals surface area contributed by atoms with Gasteiger partial charge < -0.3 is 0 Å². The highest BCUT2D eigenvalue weighted by Gasteiger charge is 2.08. The maximum Gasteiger partial charge on any atom is 0.203 e. The summed E-state index contributed by atoms with van der Waals surface area (Å²) in [6, 6.07) is 5.96. The fourth-order valence-corrected chi connectivity index (χ4v) is 1.76. The molecule has 0 aliphatic carbocycles. The maximum atomic E-state index is 13.5. The number of benzene rings is 1. The Hall–Kier alpha value is -1.94. The van der Waals surface area contributed by atoms with Gasteiger partial charge in [0.25, 0.3) is 0 Å². The summed E-state index contributed by atoms with van der Waals surface area (Å²) in [4.78, 5) is 11.8. The number of ketones is 1. The van der Waals surface area contributed by atoms with Gasteiger partial charge in [-0.15, -0.1) is 0 Å². The van der Waals surface area contributed by atoms with Crippen LogP contribution in [0.3, 0.4) is 0 Å². The predicted octanol–water partition coefficient (Wildman–Crippen LogP) is 3.11. The summed E-state index contributed by atoms with van der Waals surface area (Å²) >= 11 is 5.85. The quantitative estimate of drug-likeness (QED) is 0.631. The fraction of sp³-hybridized carbons (Fsp3) is 0.0769. The van der Waals surface area contributed by atoms with Crippen LogP contribution in [0.4, 0.5) is 4.39 Å². The number of hydrogen-bond acceptors (Lipinski definition) is 2. The zero-order chi connectivity index (χ0) is 13.1. The van der Waals surface area contributed by atoms with Crippen LogP contribution in [0, 0.1) is 5.82 Å². The molecule has 18 heavy (non-hydrogen) atoms. The van der Waals surface area contributed by atoms with Crippen molar-refractivity contribution in [1.29, 1.82) is 0 Å². The van der Waals surface area contributed by atoms with Crippen LogP contribution >= 0.6 is 11.6 Å². The molecule has 0 atom stereocenters. The van der Waals surface area contributed by atoms with Gasteiger partial charge >= 0.3 is 0 Å². The number of carbonyl (C=O) groups is 1. The summed E-state index contributed by atoms with van der Waals surface area (Å²) < 4.78 is 14.9. The summed E-state index contributed by atoms with van der Waals surface area (Å²) in [5.41, 5.74) is 0.633. The van der Waals surface area contributed by atoms with Crippen LogP contribution in [0.5, 0.6) is 0 Å². The molecule has 1 aromatic carbocycles. The second-order valence-corrected chi connectivity index (χ2v) is 4.08. The van der Waals surface area contributed by atoms with Crippen LogP contribution in [0.1, 0.15) is 16.1 Å². The van der Waals surface area contributed by atoms with Crippen LogP contribution in [-0.2, 0) is 7.05 Å². The van der Waals surface area contributed by atoms with Gasteiger partial charge in [-0.1, -0.05) is 17.7 Å². The summed E-state index contributed by atoms with van der Waals surface area (Å²) in [6.07, 6.45) is 4.17. The molecule has 0 aliphatic rings. The number of aromatic nitrogens is 2. The SMILES string of the molecule is Cn1nccc1C(=O)C=Cc1c(F)cccc1Cl. The van der Waals surface area contributed by atoms with E-state index in [1.54, 1.807) is 19.2 Å². The molecule has 0 N–H and O–H groups in total.